The molecule has 2 rings (SSSR count). The van der Waals surface area contributed by atoms with Crippen LogP contribution in [0.4, 0.5) is 0 Å². The van der Waals surface area contributed by atoms with Gasteiger partial charge in [0.15, 0.2) is 0 Å². The highest BCUT2D eigenvalue weighted by Gasteiger charge is 2.23. The Morgan fingerprint density at radius 1 is 1.57 bits per heavy atom. The first-order valence-electron chi connectivity index (χ1n) is 4.73. The molecule has 0 radical (unpaired) electrons. The summed E-state index contributed by atoms with van der Waals surface area (Å²) in [5.74, 6) is 1.26. The summed E-state index contributed by atoms with van der Waals surface area (Å²) in [6, 6.07) is 7.96. The summed E-state index contributed by atoms with van der Waals surface area (Å²) >= 11 is 0. The third kappa shape index (κ3) is 1.71. The van der Waals surface area contributed by atoms with Crippen LogP contribution < -0.4 is 10.1 Å². The van der Waals surface area contributed by atoms with Crippen molar-refractivity contribution >= 4 is 5.91 Å². The van der Waals surface area contributed by atoms with Crippen molar-refractivity contribution in [3.8, 4) is 5.75 Å². The average molecular weight is 191 g/mol. The van der Waals surface area contributed by atoms with Crippen LogP contribution in [0, 0.1) is 0 Å². The predicted molar refractivity (Wildman–Crippen MR) is 53.4 cm³/mol. The smallest absolute Gasteiger partial charge is 0.216 e. The number of rotatable bonds is 2. The molecule has 14 heavy (non-hydrogen) atoms. The molecule has 1 atom stereocenters. The van der Waals surface area contributed by atoms with E-state index in [9.17, 15) is 4.79 Å². The van der Waals surface area contributed by atoms with Gasteiger partial charge in [0.1, 0.15) is 5.75 Å². The molecule has 1 aromatic carbocycles. The van der Waals surface area contributed by atoms with Crippen LogP contribution in [0.15, 0.2) is 24.3 Å². The van der Waals surface area contributed by atoms with Crippen LogP contribution in [0.2, 0.25) is 0 Å². The molecule has 1 amide bonds. The molecule has 0 aromatic heterocycles. The number of fused-ring (bicyclic) bond motifs is 1. The fourth-order valence-corrected chi connectivity index (χ4v) is 1.67. The number of benzene rings is 1. The van der Waals surface area contributed by atoms with Crippen molar-refractivity contribution in [3.05, 3.63) is 29.8 Å². The van der Waals surface area contributed by atoms with Crippen LogP contribution in [-0.2, 0) is 4.79 Å². The zero-order chi connectivity index (χ0) is 9.97. The van der Waals surface area contributed by atoms with Crippen molar-refractivity contribution in [2.45, 2.75) is 12.8 Å². The molecule has 1 N–H and O–H groups in total. The minimum atomic E-state index is 0.00869. The molecule has 3 heteroatoms. The van der Waals surface area contributed by atoms with Crippen LogP contribution in [0.25, 0.3) is 0 Å². The zero-order valence-corrected chi connectivity index (χ0v) is 8.12. The van der Waals surface area contributed by atoms with Gasteiger partial charge in [-0.3, -0.25) is 4.79 Å². The first-order valence-corrected chi connectivity index (χ1v) is 4.73. The summed E-state index contributed by atoms with van der Waals surface area (Å²) in [5.41, 5.74) is 1.20. The Labute approximate surface area is 83.1 Å². The van der Waals surface area contributed by atoms with Crippen molar-refractivity contribution in [3.63, 3.8) is 0 Å². The standard InChI is InChI=1S/C11H13NO2/c1-8(13)12-6-9-7-14-11-5-3-2-4-10(9)11/h2-5,9H,6-7H2,1H3,(H,12,13). The first kappa shape index (κ1) is 9.06. The lowest BCUT2D eigenvalue weighted by Crippen LogP contribution is -2.26. The molecule has 0 saturated carbocycles. The topological polar surface area (TPSA) is 38.3 Å². The number of amides is 1. The van der Waals surface area contributed by atoms with E-state index in [0.717, 1.165) is 5.75 Å². The Morgan fingerprint density at radius 2 is 2.36 bits per heavy atom. The van der Waals surface area contributed by atoms with Crippen molar-refractivity contribution in [2.75, 3.05) is 13.2 Å². The molecule has 0 aliphatic carbocycles. The van der Waals surface area contributed by atoms with Gasteiger partial charge in [-0.2, -0.15) is 0 Å². The summed E-state index contributed by atoms with van der Waals surface area (Å²) in [6.07, 6.45) is 0. The summed E-state index contributed by atoms with van der Waals surface area (Å²) in [6.45, 7) is 2.85. The number of hydrogen-bond acceptors (Lipinski definition) is 2. The third-order valence-electron chi connectivity index (χ3n) is 2.40. The van der Waals surface area contributed by atoms with E-state index in [4.69, 9.17) is 4.74 Å². The molecule has 1 heterocycles. The quantitative estimate of drug-likeness (QED) is 0.765. The fourth-order valence-electron chi connectivity index (χ4n) is 1.67. The van der Waals surface area contributed by atoms with Crippen LogP contribution in [-0.4, -0.2) is 19.1 Å². The molecule has 3 nitrogen and oxygen atoms in total. The predicted octanol–water partition coefficient (Wildman–Crippen LogP) is 1.30. The number of nitrogens with one attached hydrogen (secondary N) is 1. The Hall–Kier alpha value is -1.51. The summed E-state index contributed by atoms with van der Waals surface area (Å²) < 4.78 is 5.49. The minimum absolute atomic E-state index is 0.00869. The molecule has 74 valence electrons. The molecule has 0 fully saturated rings. The highest BCUT2D eigenvalue weighted by atomic mass is 16.5. The van der Waals surface area contributed by atoms with Gasteiger partial charge in [-0.05, 0) is 6.07 Å². The number of carbonyl (C=O) groups is 1. The highest BCUT2D eigenvalue weighted by Crippen LogP contribution is 2.32. The zero-order valence-electron chi connectivity index (χ0n) is 8.12. The Balaban J connectivity index is 2.07. The van der Waals surface area contributed by atoms with Gasteiger partial charge in [-0.15, -0.1) is 0 Å². The molecule has 1 aliphatic heterocycles. The lowest BCUT2D eigenvalue weighted by Gasteiger charge is -2.08. The highest BCUT2D eigenvalue weighted by molar-refractivity contribution is 5.72. The van der Waals surface area contributed by atoms with E-state index in [1.165, 1.54) is 12.5 Å². The second-order valence-electron chi connectivity index (χ2n) is 3.48. The van der Waals surface area contributed by atoms with Crippen LogP contribution in [0.5, 0.6) is 5.75 Å². The Kier molecular flexibility index (Phi) is 2.39. The van der Waals surface area contributed by atoms with Gasteiger partial charge in [-0.1, -0.05) is 18.2 Å². The molecule has 1 aromatic rings. The molecule has 0 saturated heterocycles. The number of ether oxygens (including phenoxy) is 1. The van der Waals surface area contributed by atoms with E-state index < -0.39 is 0 Å². The number of carbonyl (C=O) groups excluding carboxylic acids is 1. The largest absolute Gasteiger partial charge is 0.493 e. The van der Waals surface area contributed by atoms with Crippen LogP contribution in [0.1, 0.15) is 18.4 Å². The first-order chi connectivity index (χ1) is 6.77. The van der Waals surface area contributed by atoms with E-state index in [1.807, 2.05) is 18.2 Å². The fraction of sp³-hybridized carbons (Fsp3) is 0.364. The molecule has 0 spiro atoms. The van der Waals surface area contributed by atoms with E-state index in [2.05, 4.69) is 11.4 Å². The monoisotopic (exact) mass is 191 g/mol. The Morgan fingerprint density at radius 3 is 3.14 bits per heavy atom. The maximum Gasteiger partial charge on any atom is 0.216 e. The van der Waals surface area contributed by atoms with E-state index in [-0.39, 0.29) is 5.91 Å². The lowest BCUT2D eigenvalue weighted by molar-refractivity contribution is -0.119. The second kappa shape index (κ2) is 3.70. The normalized spacial score (nSPS) is 18.5. The van der Waals surface area contributed by atoms with Gasteiger partial charge in [0.2, 0.25) is 5.91 Å². The van der Waals surface area contributed by atoms with Gasteiger partial charge in [0.25, 0.3) is 0 Å². The van der Waals surface area contributed by atoms with E-state index >= 15 is 0 Å². The van der Waals surface area contributed by atoms with Crippen molar-refractivity contribution in [1.29, 1.82) is 0 Å². The number of hydrogen-bond donors (Lipinski definition) is 1. The van der Waals surface area contributed by atoms with Crippen LogP contribution in [0.3, 0.4) is 0 Å². The summed E-state index contributed by atoms with van der Waals surface area (Å²) in [4.78, 5) is 10.8. The average Bonchev–Trinajstić information content (AvgIpc) is 2.58. The summed E-state index contributed by atoms with van der Waals surface area (Å²) in [5, 5.41) is 2.81. The molecule has 1 unspecified atom stereocenters. The third-order valence-corrected chi connectivity index (χ3v) is 2.40. The van der Waals surface area contributed by atoms with Crippen LogP contribution >= 0.6 is 0 Å². The maximum absolute atomic E-state index is 10.8. The van der Waals surface area contributed by atoms with Crippen molar-refractivity contribution < 1.29 is 9.53 Å². The summed E-state index contributed by atoms with van der Waals surface area (Å²) in [7, 11) is 0. The van der Waals surface area contributed by atoms with Crippen molar-refractivity contribution in [1.82, 2.24) is 5.32 Å². The van der Waals surface area contributed by atoms with Crippen molar-refractivity contribution in [2.24, 2.45) is 0 Å². The number of para-hydroxylation sites is 1. The van der Waals surface area contributed by atoms with Gasteiger partial charge in [0, 0.05) is 24.9 Å². The SMILES string of the molecule is CC(=O)NCC1COc2ccccc21. The van der Waals surface area contributed by atoms with E-state index in [1.54, 1.807) is 0 Å². The minimum Gasteiger partial charge on any atom is -0.493 e. The molecular weight excluding hydrogens is 178 g/mol. The second-order valence-corrected chi connectivity index (χ2v) is 3.48. The Bertz CT molecular complexity index is 349. The van der Waals surface area contributed by atoms with Gasteiger partial charge < -0.3 is 10.1 Å². The lowest BCUT2D eigenvalue weighted by atomic mass is 10.0. The molecular formula is C11H13NO2. The van der Waals surface area contributed by atoms with Gasteiger partial charge in [-0.25, -0.2) is 0 Å². The molecule has 0 bridgehead atoms. The van der Waals surface area contributed by atoms with Gasteiger partial charge in [0.05, 0.1) is 6.61 Å². The van der Waals surface area contributed by atoms with Gasteiger partial charge >= 0.3 is 0 Å². The maximum atomic E-state index is 10.8. The van der Waals surface area contributed by atoms with E-state index in [0.29, 0.717) is 19.1 Å². The molecule has 1 aliphatic rings.